The lowest BCUT2D eigenvalue weighted by Crippen LogP contribution is -2.48. The van der Waals surface area contributed by atoms with Gasteiger partial charge in [0.15, 0.2) is 5.82 Å². The van der Waals surface area contributed by atoms with E-state index in [9.17, 15) is 4.79 Å². The number of anilines is 1. The number of carbonyl (C=O) groups excluding carboxylic acids is 1. The van der Waals surface area contributed by atoms with Crippen LogP contribution in [0.15, 0.2) is 55.3 Å². The molecule has 6 nitrogen and oxygen atoms in total. The summed E-state index contributed by atoms with van der Waals surface area (Å²) in [4.78, 5) is 29.2. The summed E-state index contributed by atoms with van der Waals surface area (Å²) >= 11 is 6.46. The molecule has 0 saturated carbocycles. The molecule has 1 amide bonds. The van der Waals surface area contributed by atoms with Crippen molar-refractivity contribution >= 4 is 45.0 Å². The topological polar surface area (TPSA) is 62.2 Å². The lowest BCUT2D eigenvalue weighted by molar-refractivity contribution is -0.126. The average molecular weight is 462 g/mol. The summed E-state index contributed by atoms with van der Waals surface area (Å²) in [5, 5.41) is 2.74. The highest BCUT2D eigenvalue weighted by atomic mass is 35.5. The largest absolute Gasteiger partial charge is 0.352 e. The van der Waals surface area contributed by atoms with Crippen molar-refractivity contribution in [1.29, 1.82) is 0 Å². The van der Waals surface area contributed by atoms with Gasteiger partial charge in [-0.3, -0.25) is 9.78 Å². The van der Waals surface area contributed by atoms with E-state index in [-0.39, 0.29) is 17.1 Å². The number of fused-ring (bicyclic) bond motifs is 2. The molecule has 5 rings (SSSR count). The minimum absolute atomic E-state index is 0.0931. The Balaban J connectivity index is 1.61. The number of piperazine rings is 1. The number of hydrogen-bond acceptors (Lipinski definition) is 5. The minimum atomic E-state index is -0.507. The van der Waals surface area contributed by atoms with E-state index in [4.69, 9.17) is 11.6 Å². The first-order valence-corrected chi connectivity index (χ1v) is 11.0. The second kappa shape index (κ2) is 8.41. The Morgan fingerprint density at radius 1 is 1.12 bits per heavy atom. The van der Waals surface area contributed by atoms with Gasteiger partial charge in [-0.15, -0.1) is 0 Å². The molecule has 3 heterocycles. The first-order chi connectivity index (χ1) is 16.0. The fourth-order valence-corrected chi connectivity index (χ4v) is 4.62. The molecule has 2 aromatic heterocycles. The van der Waals surface area contributed by atoms with Crippen molar-refractivity contribution < 1.29 is 9.18 Å². The van der Waals surface area contributed by atoms with Crippen LogP contribution in [0.2, 0.25) is 5.02 Å². The third kappa shape index (κ3) is 3.68. The molecule has 8 heteroatoms. The summed E-state index contributed by atoms with van der Waals surface area (Å²) in [5.41, 5.74) is 1.04. The van der Waals surface area contributed by atoms with Crippen molar-refractivity contribution in [3.05, 3.63) is 71.9 Å². The molecule has 0 unspecified atom stereocenters. The van der Waals surface area contributed by atoms with Crippen LogP contribution in [0.3, 0.4) is 0 Å². The predicted octanol–water partition coefficient (Wildman–Crippen LogP) is 4.78. The highest BCUT2D eigenvalue weighted by Crippen LogP contribution is 2.36. The smallest absolute Gasteiger partial charge is 0.246 e. The molecule has 1 saturated heterocycles. The first-order valence-electron chi connectivity index (χ1n) is 10.6. The Labute approximate surface area is 195 Å². The molecule has 1 fully saturated rings. The van der Waals surface area contributed by atoms with Gasteiger partial charge < -0.3 is 9.80 Å². The summed E-state index contributed by atoms with van der Waals surface area (Å²) in [6.07, 6.45) is 2.94. The maximum absolute atomic E-state index is 15.9. The molecule has 0 atom stereocenters. The summed E-state index contributed by atoms with van der Waals surface area (Å²) in [6, 6.07) is 11.2. The third-order valence-electron chi connectivity index (χ3n) is 5.95. The Bertz CT molecular complexity index is 1410. The molecule has 0 N–H and O–H groups in total. The maximum atomic E-state index is 15.9. The number of amides is 1. The molecule has 166 valence electrons. The predicted molar refractivity (Wildman–Crippen MR) is 129 cm³/mol. The summed E-state index contributed by atoms with van der Waals surface area (Å²) < 4.78 is 15.9. The zero-order valence-corrected chi connectivity index (χ0v) is 18.8. The Morgan fingerprint density at radius 2 is 1.85 bits per heavy atom. The third-order valence-corrected chi connectivity index (χ3v) is 6.27. The molecule has 0 spiro atoms. The van der Waals surface area contributed by atoms with Crippen LogP contribution >= 0.6 is 11.6 Å². The zero-order valence-electron chi connectivity index (χ0n) is 18.1. The van der Waals surface area contributed by atoms with Gasteiger partial charge in [0.2, 0.25) is 5.91 Å². The summed E-state index contributed by atoms with van der Waals surface area (Å²) in [6.45, 7) is 7.53. The molecule has 4 aromatic rings. The fraction of sp³-hybridized carbons (Fsp3) is 0.200. The van der Waals surface area contributed by atoms with Crippen molar-refractivity contribution in [2.45, 2.75) is 6.92 Å². The van der Waals surface area contributed by atoms with E-state index < -0.39 is 5.82 Å². The van der Waals surface area contributed by atoms with Gasteiger partial charge in [0.25, 0.3) is 0 Å². The second-order valence-electron chi connectivity index (χ2n) is 7.94. The summed E-state index contributed by atoms with van der Waals surface area (Å²) in [7, 11) is 0. The highest BCUT2D eigenvalue weighted by molar-refractivity contribution is 6.36. The van der Waals surface area contributed by atoms with E-state index in [1.165, 1.54) is 6.08 Å². The number of rotatable bonds is 3. The van der Waals surface area contributed by atoms with Crippen LogP contribution in [-0.4, -0.2) is 51.9 Å². The van der Waals surface area contributed by atoms with E-state index >= 15 is 4.39 Å². The maximum Gasteiger partial charge on any atom is 0.246 e. The van der Waals surface area contributed by atoms with Gasteiger partial charge in [0.1, 0.15) is 22.9 Å². The normalized spacial score (nSPS) is 14.2. The highest BCUT2D eigenvalue weighted by Gasteiger charge is 2.24. The minimum Gasteiger partial charge on any atom is -0.352 e. The van der Waals surface area contributed by atoms with E-state index in [1.807, 2.05) is 35.2 Å². The molecule has 0 radical (unpaired) electrons. The average Bonchev–Trinajstić information content (AvgIpc) is 2.84. The van der Waals surface area contributed by atoms with E-state index in [0.717, 1.165) is 10.8 Å². The van der Waals surface area contributed by atoms with Gasteiger partial charge in [-0.1, -0.05) is 48.5 Å². The van der Waals surface area contributed by atoms with E-state index in [2.05, 4.69) is 21.5 Å². The number of nitrogens with zero attached hydrogens (tertiary/aromatic N) is 5. The van der Waals surface area contributed by atoms with Crippen LogP contribution < -0.4 is 4.90 Å². The van der Waals surface area contributed by atoms with Crippen LogP contribution in [0.5, 0.6) is 0 Å². The number of benzene rings is 2. The monoisotopic (exact) mass is 461 g/mol. The van der Waals surface area contributed by atoms with Gasteiger partial charge in [-0.2, -0.15) is 0 Å². The van der Waals surface area contributed by atoms with Gasteiger partial charge in [0, 0.05) is 48.3 Å². The standard InChI is InChI=1S/C25H21ClFN5O/c1-3-20(33)31-10-12-32(13-11-31)25-18-14-28-23(22(27)24(18)29-15(2)30-25)17-8-4-6-16-7-5-9-19(26)21(16)17/h3-9,14H,1,10-13H2,2H3. The first kappa shape index (κ1) is 21.3. The van der Waals surface area contributed by atoms with Crippen LogP contribution in [-0.2, 0) is 4.79 Å². The van der Waals surface area contributed by atoms with Gasteiger partial charge in [-0.25, -0.2) is 14.4 Å². The molecule has 1 aliphatic heterocycles. The second-order valence-corrected chi connectivity index (χ2v) is 8.34. The molecule has 0 aliphatic carbocycles. The molecular formula is C25H21ClFN5O. The summed E-state index contributed by atoms with van der Waals surface area (Å²) in [5.74, 6) is 0.489. The number of pyridine rings is 1. The number of aryl methyl sites for hydroxylation is 1. The molecule has 0 bridgehead atoms. The SMILES string of the molecule is C=CC(=O)N1CCN(c2nc(C)nc3c(F)c(-c4cccc5cccc(Cl)c45)ncc23)CC1. The van der Waals surface area contributed by atoms with E-state index in [0.29, 0.717) is 53.8 Å². The van der Waals surface area contributed by atoms with E-state index in [1.54, 1.807) is 24.1 Å². The van der Waals surface area contributed by atoms with Crippen LogP contribution in [0.25, 0.3) is 32.9 Å². The van der Waals surface area contributed by atoms with Crippen molar-refractivity contribution in [3.8, 4) is 11.3 Å². The van der Waals surface area contributed by atoms with Crippen molar-refractivity contribution in [2.24, 2.45) is 0 Å². The Kier molecular flexibility index (Phi) is 5.42. The van der Waals surface area contributed by atoms with Crippen LogP contribution in [0.1, 0.15) is 5.82 Å². The van der Waals surface area contributed by atoms with Gasteiger partial charge >= 0.3 is 0 Å². The van der Waals surface area contributed by atoms with Crippen LogP contribution in [0, 0.1) is 12.7 Å². The lowest BCUT2D eigenvalue weighted by Gasteiger charge is -2.35. The Morgan fingerprint density at radius 3 is 2.58 bits per heavy atom. The molecule has 1 aliphatic rings. The van der Waals surface area contributed by atoms with Gasteiger partial charge in [-0.05, 0) is 24.5 Å². The fourth-order valence-electron chi connectivity index (χ4n) is 4.34. The quantitative estimate of drug-likeness (QED) is 0.411. The van der Waals surface area contributed by atoms with Crippen molar-refractivity contribution in [1.82, 2.24) is 19.9 Å². The van der Waals surface area contributed by atoms with Gasteiger partial charge in [0.05, 0.1) is 5.39 Å². The number of carbonyl (C=O) groups is 1. The molecule has 2 aromatic carbocycles. The molecule has 33 heavy (non-hydrogen) atoms. The lowest BCUT2D eigenvalue weighted by atomic mass is 10.0. The number of halogens is 2. The zero-order chi connectivity index (χ0) is 23.1. The number of hydrogen-bond donors (Lipinski definition) is 0. The Hall–Kier alpha value is -3.58. The number of aromatic nitrogens is 3. The van der Waals surface area contributed by atoms with Crippen molar-refractivity contribution in [2.75, 3.05) is 31.1 Å². The van der Waals surface area contributed by atoms with Crippen LogP contribution in [0.4, 0.5) is 10.2 Å². The van der Waals surface area contributed by atoms with Crippen molar-refractivity contribution in [3.63, 3.8) is 0 Å². The molecular weight excluding hydrogens is 441 g/mol.